The number of hydrogen-bond donors (Lipinski definition) is 2. The van der Waals surface area contributed by atoms with Crippen molar-refractivity contribution in [2.24, 2.45) is 0 Å². The molecule has 4 nitrogen and oxygen atoms in total. The number of thioether (sulfide) groups is 1. The van der Waals surface area contributed by atoms with Crippen LogP contribution in [0.25, 0.3) is 0 Å². The van der Waals surface area contributed by atoms with Gasteiger partial charge in [0.05, 0.1) is 0 Å². The first kappa shape index (κ1) is 12.2. The fourth-order valence-electron chi connectivity index (χ4n) is 1.95. The molecule has 0 aliphatic carbocycles. The van der Waals surface area contributed by atoms with Crippen LogP contribution in [-0.4, -0.2) is 28.4 Å². The Morgan fingerprint density at radius 1 is 1.59 bits per heavy atom. The summed E-state index contributed by atoms with van der Waals surface area (Å²) in [6, 6.07) is 3.68. The minimum absolute atomic E-state index is 0.0466. The summed E-state index contributed by atoms with van der Waals surface area (Å²) in [6.45, 7) is 1.84. The number of hydrogen-bond acceptors (Lipinski definition) is 4. The summed E-state index contributed by atoms with van der Waals surface area (Å²) in [5, 5.41) is 3.05. The maximum absolute atomic E-state index is 12.0. The molecule has 1 amide bonds. The molecule has 5 heteroatoms. The largest absolute Gasteiger partial charge is 0.384 e. The fourth-order valence-corrected chi connectivity index (χ4v) is 3.02. The van der Waals surface area contributed by atoms with Gasteiger partial charge in [-0.3, -0.25) is 4.79 Å². The third-order valence-electron chi connectivity index (χ3n) is 2.73. The Bertz CT molecular complexity index is 396. The summed E-state index contributed by atoms with van der Waals surface area (Å²) >= 11 is 1.89. The van der Waals surface area contributed by atoms with E-state index in [0.717, 1.165) is 17.9 Å². The molecule has 0 spiro atoms. The Hall–Kier alpha value is -1.23. The van der Waals surface area contributed by atoms with Crippen LogP contribution in [0.4, 0.5) is 5.82 Å². The number of nitrogens with zero attached hydrogens (tertiary/aromatic N) is 1. The summed E-state index contributed by atoms with van der Waals surface area (Å²) in [4.78, 5) is 16.1. The quantitative estimate of drug-likeness (QED) is 0.837. The number of carbonyl (C=O) groups excluding carboxylic acids is 1. The first-order valence-electron chi connectivity index (χ1n) is 5.78. The third-order valence-corrected chi connectivity index (χ3v) is 3.95. The molecule has 1 aromatic heterocycles. The van der Waals surface area contributed by atoms with E-state index < -0.39 is 0 Å². The van der Waals surface area contributed by atoms with E-state index in [4.69, 9.17) is 5.73 Å². The van der Waals surface area contributed by atoms with Gasteiger partial charge in [0.25, 0.3) is 5.91 Å². The van der Waals surface area contributed by atoms with E-state index in [1.54, 1.807) is 12.1 Å². The lowest BCUT2D eigenvalue weighted by molar-refractivity contribution is 0.0938. The lowest BCUT2D eigenvalue weighted by Gasteiger charge is -2.22. The second-order valence-corrected chi connectivity index (χ2v) is 5.46. The number of amides is 1. The number of anilines is 1. The summed E-state index contributed by atoms with van der Waals surface area (Å²) in [6.07, 6.45) is 2.24. The summed E-state index contributed by atoms with van der Waals surface area (Å²) in [7, 11) is 0. The van der Waals surface area contributed by atoms with Gasteiger partial charge in [-0.2, -0.15) is 11.8 Å². The highest BCUT2D eigenvalue weighted by molar-refractivity contribution is 7.99. The van der Waals surface area contributed by atoms with Gasteiger partial charge in [0.1, 0.15) is 5.82 Å². The number of aryl methyl sites for hydroxylation is 1. The minimum atomic E-state index is -0.0466. The molecule has 0 aromatic carbocycles. The van der Waals surface area contributed by atoms with Crippen LogP contribution >= 0.6 is 11.8 Å². The Balaban J connectivity index is 2.03. The average Bonchev–Trinajstić information content (AvgIpc) is 2.29. The number of rotatable bonds is 2. The average molecular weight is 251 g/mol. The van der Waals surface area contributed by atoms with E-state index in [-0.39, 0.29) is 11.9 Å². The first-order valence-corrected chi connectivity index (χ1v) is 6.93. The van der Waals surface area contributed by atoms with Crippen molar-refractivity contribution in [1.29, 1.82) is 0 Å². The second-order valence-electron chi connectivity index (χ2n) is 4.31. The topological polar surface area (TPSA) is 68.0 Å². The second kappa shape index (κ2) is 5.40. The molecule has 2 heterocycles. The van der Waals surface area contributed by atoms with Crippen LogP contribution in [0.3, 0.4) is 0 Å². The molecule has 0 saturated carbocycles. The van der Waals surface area contributed by atoms with Crippen molar-refractivity contribution in [3.05, 3.63) is 23.4 Å². The van der Waals surface area contributed by atoms with Crippen molar-refractivity contribution in [3.63, 3.8) is 0 Å². The molecule has 3 N–H and O–H groups in total. The first-order chi connectivity index (χ1) is 8.15. The SMILES string of the molecule is Cc1cc(C(=O)NC2CCCSC2)cc(N)n1. The highest BCUT2D eigenvalue weighted by Crippen LogP contribution is 2.17. The molecule has 1 atom stereocenters. The van der Waals surface area contributed by atoms with Crippen molar-refractivity contribution >= 4 is 23.5 Å². The van der Waals surface area contributed by atoms with Crippen molar-refractivity contribution in [2.75, 3.05) is 17.2 Å². The van der Waals surface area contributed by atoms with Crippen molar-refractivity contribution < 1.29 is 4.79 Å². The van der Waals surface area contributed by atoms with Gasteiger partial charge in [0.15, 0.2) is 0 Å². The van der Waals surface area contributed by atoms with Crippen LogP contribution in [0.1, 0.15) is 28.9 Å². The predicted molar refractivity (Wildman–Crippen MR) is 71.2 cm³/mol. The molecule has 1 aliphatic rings. The highest BCUT2D eigenvalue weighted by atomic mass is 32.2. The van der Waals surface area contributed by atoms with Gasteiger partial charge < -0.3 is 11.1 Å². The molecular formula is C12H17N3OS. The van der Waals surface area contributed by atoms with Gasteiger partial charge in [-0.1, -0.05) is 0 Å². The van der Waals surface area contributed by atoms with E-state index >= 15 is 0 Å². The van der Waals surface area contributed by atoms with E-state index in [0.29, 0.717) is 11.4 Å². The maximum Gasteiger partial charge on any atom is 0.251 e. The van der Waals surface area contributed by atoms with Crippen molar-refractivity contribution in [1.82, 2.24) is 10.3 Å². The monoisotopic (exact) mass is 251 g/mol. The zero-order chi connectivity index (χ0) is 12.3. The van der Waals surface area contributed by atoms with Crippen LogP contribution in [0.2, 0.25) is 0 Å². The van der Waals surface area contributed by atoms with Gasteiger partial charge in [-0.25, -0.2) is 4.98 Å². The molecular weight excluding hydrogens is 234 g/mol. The maximum atomic E-state index is 12.0. The van der Waals surface area contributed by atoms with Crippen LogP contribution in [0.5, 0.6) is 0 Å². The molecule has 1 aromatic rings. The van der Waals surface area contributed by atoms with Gasteiger partial charge in [0, 0.05) is 23.1 Å². The number of nitrogens with two attached hydrogens (primary N) is 1. The molecule has 0 bridgehead atoms. The smallest absolute Gasteiger partial charge is 0.251 e. The number of nitrogen functional groups attached to an aromatic ring is 1. The Labute approximate surface area is 105 Å². The van der Waals surface area contributed by atoms with E-state index in [9.17, 15) is 4.79 Å². The predicted octanol–water partition coefficient (Wildman–Crippen LogP) is 1.60. The van der Waals surface area contributed by atoms with Crippen LogP contribution in [-0.2, 0) is 0 Å². The lowest BCUT2D eigenvalue weighted by atomic mass is 10.1. The lowest BCUT2D eigenvalue weighted by Crippen LogP contribution is -2.38. The van der Waals surface area contributed by atoms with Gasteiger partial charge in [-0.05, 0) is 37.7 Å². The van der Waals surface area contributed by atoms with Crippen LogP contribution in [0.15, 0.2) is 12.1 Å². The van der Waals surface area contributed by atoms with Crippen molar-refractivity contribution in [2.45, 2.75) is 25.8 Å². The normalized spacial score (nSPS) is 19.9. The van der Waals surface area contributed by atoms with Gasteiger partial charge in [0.2, 0.25) is 0 Å². The molecule has 1 saturated heterocycles. The Kier molecular flexibility index (Phi) is 3.89. The summed E-state index contributed by atoms with van der Waals surface area (Å²) in [5.74, 6) is 2.56. The molecule has 1 aliphatic heterocycles. The van der Waals surface area contributed by atoms with E-state index in [1.165, 1.54) is 12.2 Å². The summed E-state index contributed by atoms with van der Waals surface area (Å²) < 4.78 is 0. The van der Waals surface area contributed by atoms with E-state index in [2.05, 4.69) is 10.3 Å². The van der Waals surface area contributed by atoms with Gasteiger partial charge in [-0.15, -0.1) is 0 Å². The van der Waals surface area contributed by atoms with Crippen LogP contribution < -0.4 is 11.1 Å². The van der Waals surface area contributed by atoms with Crippen molar-refractivity contribution in [3.8, 4) is 0 Å². The summed E-state index contributed by atoms with van der Waals surface area (Å²) in [5.41, 5.74) is 7.01. The van der Waals surface area contributed by atoms with E-state index in [1.807, 2.05) is 18.7 Å². The third kappa shape index (κ3) is 3.36. The van der Waals surface area contributed by atoms with Crippen LogP contribution in [0, 0.1) is 6.92 Å². The fraction of sp³-hybridized carbons (Fsp3) is 0.500. The molecule has 2 rings (SSSR count). The zero-order valence-electron chi connectivity index (χ0n) is 9.90. The number of pyridine rings is 1. The Morgan fingerprint density at radius 3 is 3.06 bits per heavy atom. The van der Waals surface area contributed by atoms with Gasteiger partial charge >= 0.3 is 0 Å². The molecule has 0 radical (unpaired) electrons. The standard InChI is InChI=1S/C12H17N3OS/c1-8-5-9(6-11(13)14-8)12(16)15-10-3-2-4-17-7-10/h5-6,10H,2-4,7H2,1H3,(H2,13,14)(H,15,16). The molecule has 17 heavy (non-hydrogen) atoms. The minimum Gasteiger partial charge on any atom is -0.384 e. The zero-order valence-corrected chi connectivity index (χ0v) is 10.7. The number of aromatic nitrogens is 1. The number of nitrogens with one attached hydrogen (secondary N) is 1. The molecule has 1 unspecified atom stereocenters. The molecule has 1 fully saturated rings. The number of carbonyl (C=O) groups is 1. The molecule has 92 valence electrons. The highest BCUT2D eigenvalue weighted by Gasteiger charge is 2.17. The Morgan fingerprint density at radius 2 is 2.41 bits per heavy atom.